The molecule has 1 atom stereocenters. The van der Waals surface area contributed by atoms with E-state index in [1.807, 2.05) is 13.0 Å². The largest absolute Gasteiger partial charge is 0.377 e. The first kappa shape index (κ1) is 19.9. The smallest absolute Gasteiger partial charge is 0.272 e. The number of morpholine rings is 1. The van der Waals surface area contributed by atoms with E-state index in [2.05, 4.69) is 24.3 Å². The van der Waals surface area contributed by atoms with Crippen molar-refractivity contribution in [1.82, 2.24) is 20.0 Å². The molecule has 1 aliphatic carbocycles. The topological polar surface area (TPSA) is 76.5 Å². The van der Waals surface area contributed by atoms with Crippen LogP contribution in [-0.4, -0.2) is 58.3 Å². The number of hydrogen-bond acceptors (Lipinski definition) is 4. The third-order valence-electron chi connectivity index (χ3n) is 5.35. The Kier molecular flexibility index (Phi) is 6.52. The Bertz CT molecular complexity index is 666. The van der Waals surface area contributed by atoms with Crippen molar-refractivity contribution in [2.75, 3.05) is 19.8 Å². The van der Waals surface area contributed by atoms with Crippen LogP contribution in [0, 0.1) is 5.92 Å². The number of aromatic nitrogens is 2. The van der Waals surface area contributed by atoms with E-state index in [1.165, 1.54) is 6.42 Å². The van der Waals surface area contributed by atoms with Gasteiger partial charge < -0.3 is 15.0 Å². The summed E-state index contributed by atoms with van der Waals surface area (Å²) in [4.78, 5) is 27.4. The van der Waals surface area contributed by atoms with Crippen LogP contribution in [-0.2, 0) is 22.5 Å². The van der Waals surface area contributed by atoms with E-state index in [-0.39, 0.29) is 17.9 Å². The number of carbonyl (C=O) groups is 2. The lowest BCUT2D eigenvalue weighted by molar-refractivity contribution is -0.124. The molecule has 0 spiro atoms. The average Bonchev–Trinajstić information content (AvgIpc) is 3.00. The normalized spacial score (nSPS) is 20.6. The molecular weight excluding hydrogens is 344 g/mol. The molecule has 1 saturated carbocycles. The first-order valence-electron chi connectivity index (χ1n) is 10.2. The van der Waals surface area contributed by atoms with Crippen LogP contribution in [0.25, 0.3) is 0 Å². The van der Waals surface area contributed by atoms with Crippen LogP contribution < -0.4 is 5.32 Å². The lowest BCUT2D eigenvalue weighted by atomic mass is 9.93. The van der Waals surface area contributed by atoms with Crippen LogP contribution in [0.1, 0.15) is 62.6 Å². The number of nitrogens with zero attached hydrogens (tertiary/aromatic N) is 3. The number of carbonyl (C=O) groups excluding carboxylic acids is 2. The molecule has 2 fully saturated rings. The summed E-state index contributed by atoms with van der Waals surface area (Å²) in [7, 11) is 0. The Balaban J connectivity index is 1.70. The van der Waals surface area contributed by atoms with Crippen LogP contribution in [0.4, 0.5) is 0 Å². The molecule has 1 aromatic rings. The summed E-state index contributed by atoms with van der Waals surface area (Å²) < 4.78 is 7.34. The predicted octanol–water partition coefficient (Wildman–Crippen LogP) is 2.00. The third kappa shape index (κ3) is 4.89. The minimum Gasteiger partial charge on any atom is -0.377 e. The van der Waals surface area contributed by atoms with Gasteiger partial charge in [0.2, 0.25) is 5.91 Å². The molecule has 0 unspecified atom stereocenters. The summed E-state index contributed by atoms with van der Waals surface area (Å²) in [5.74, 6) is 0.445. The Morgan fingerprint density at radius 3 is 2.78 bits per heavy atom. The summed E-state index contributed by atoms with van der Waals surface area (Å²) in [6.45, 7) is 8.35. The zero-order valence-electron chi connectivity index (χ0n) is 16.7. The van der Waals surface area contributed by atoms with Crippen molar-refractivity contribution in [2.24, 2.45) is 5.92 Å². The summed E-state index contributed by atoms with van der Waals surface area (Å²) >= 11 is 0. The second-order valence-corrected chi connectivity index (χ2v) is 8.06. The standard InChI is InChI=1S/C20H32N4O3/c1-4-24-18(11-16(22-24)10-14(2)3)20(26)23-8-9-27-13-17(23)12-19(25)21-15-6-5-7-15/h11,14-15,17H,4-10,12-13H2,1-3H3,(H,21,25)/t17-/m1/s1. The Labute approximate surface area is 161 Å². The van der Waals surface area contributed by atoms with E-state index in [1.54, 1.807) is 9.58 Å². The van der Waals surface area contributed by atoms with Crippen LogP contribution in [0.15, 0.2) is 6.07 Å². The van der Waals surface area contributed by atoms with Gasteiger partial charge in [0.15, 0.2) is 0 Å². The van der Waals surface area contributed by atoms with Gasteiger partial charge in [0.25, 0.3) is 5.91 Å². The quantitative estimate of drug-likeness (QED) is 0.790. The predicted molar refractivity (Wildman–Crippen MR) is 102 cm³/mol. The molecule has 3 rings (SSSR count). The zero-order chi connectivity index (χ0) is 19.4. The van der Waals surface area contributed by atoms with Gasteiger partial charge >= 0.3 is 0 Å². The lowest BCUT2D eigenvalue weighted by Gasteiger charge is -2.36. The average molecular weight is 377 g/mol. The molecule has 1 aliphatic heterocycles. The minimum atomic E-state index is -0.222. The Hall–Kier alpha value is -1.89. The van der Waals surface area contributed by atoms with E-state index < -0.39 is 0 Å². The minimum absolute atomic E-state index is 0.0116. The van der Waals surface area contributed by atoms with Gasteiger partial charge in [-0.25, -0.2) is 0 Å². The van der Waals surface area contributed by atoms with Crippen molar-refractivity contribution in [3.8, 4) is 0 Å². The fourth-order valence-electron chi connectivity index (χ4n) is 3.69. The van der Waals surface area contributed by atoms with Crippen molar-refractivity contribution in [3.63, 3.8) is 0 Å². The van der Waals surface area contributed by atoms with Crippen molar-refractivity contribution in [3.05, 3.63) is 17.5 Å². The molecule has 1 N–H and O–H groups in total. The van der Waals surface area contributed by atoms with Crippen molar-refractivity contribution in [1.29, 1.82) is 0 Å². The number of rotatable bonds is 7. The molecule has 2 amide bonds. The number of amides is 2. The number of hydrogen-bond donors (Lipinski definition) is 1. The maximum atomic E-state index is 13.2. The van der Waals surface area contributed by atoms with Gasteiger partial charge in [-0.2, -0.15) is 5.10 Å². The van der Waals surface area contributed by atoms with Gasteiger partial charge in [-0.3, -0.25) is 14.3 Å². The molecule has 1 aromatic heterocycles. The second kappa shape index (κ2) is 8.87. The molecule has 2 heterocycles. The Morgan fingerprint density at radius 1 is 1.37 bits per heavy atom. The van der Waals surface area contributed by atoms with E-state index in [9.17, 15) is 9.59 Å². The molecule has 27 heavy (non-hydrogen) atoms. The highest BCUT2D eigenvalue weighted by Crippen LogP contribution is 2.20. The molecule has 0 radical (unpaired) electrons. The van der Waals surface area contributed by atoms with Gasteiger partial charge in [-0.05, 0) is 44.6 Å². The van der Waals surface area contributed by atoms with Crippen LogP contribution >= 0.6 is 0 Å². The van der Waals surface area contributed by atoms with E-state index in [4.69, 9.17) is 4.74 Å². The van der Waals surface area contributed by atoms with E-state index in [0.29, 0.717) is 50.4 Å². The van der Waals surface area contributed by atoms with Crippen molar-refractivity contribution >= 4 is 11.8 Å². The van der Waals surface area contributed by atoms with Gasteiger partial charge in [-0.15, -0.1) is 0 Å². The van der Waals surface area contributed by atoms with Gasteiger partial charge in [0.1, 0.15) is 5.69 Å². The monoisotopic (exact) mass is 376 g/mol. The molecule has 0 bridgehead atoms. The lowest BCUT2D eigenvalue weighted by Crippen LogP contribution is -2.52. The zero-order valence-corrected chi connectivity index (χ0v) is 16.7. The molecular formula is C20H32N4O3. The van der Waals surface area contributed by atoms with E-state index >= 15 is 0 Å². The maximum Gasteiger partial charge on any atom is 0.272 e. The van der Waals surface area contributed by atoms with Crippen molar-refractivity contribution < 1.29 is 14.3 Å². The Morgan fingerprint density at radius 2 is 2.15 bits per heavy atom. The molecule has 1 saturated heterocycles. The maximum absolute atomic E-state index is 13.2. The van der Waals surface area contributed by atoms with Gasteiger partial charge in [-0.1, -0.05) is 13.8 Å². The third-order valence-corrected chi connectivity index (χ3v) is 5.35. The van der Waals surface area contributed by atoms with Gasteiger partial charge in [0, 0.05) is 25.6 Å². The summed E-state index contributed by atoms with van der Waals surface area (Å²) in [5, 5.41) is 7.65. The highest BCUT2D eigenvalue weighted by Gasteiger charge is 2.32. The first-order valence-corrected chi connectivity index (χ1v) is 10.2. The molecule has 2 aliphatic rings. The second-order valence-electron chi connectivity index (χ2n) is 8.06. The summed E-state index contributed by atoms with van der Waals surface area (Å²) in [6.07, 6.45) is 4.44. The summed E-state index contributed by atoms with van der Waals surface area (Å²) in [6, 6.07) is 2.00. The number of ether oxygens (including phenoxy) is 1. The van der Waals surface area contributed by atoms with E-state index in [0.717, 1.165) is 25.0 Å². The first-order chi connectivity index (χ1) is 13.0. The van der Waals surface area contributed by atoms with Crippen LogP contribution in [0.2, 0.25) is 0 Å². The fourth-order valence-corrected chi connectivity index (χ4v) is 3.69. The van der Waals surface area contributed by atoms with Gasteiger partial charge in [0.05, 0.1) is 24.9 Å². The number of nitrogens with one attached hydrogen (secondary N) is 1. The molecule has 0 aromatic carbocycles. The molecule has 7 nitrogen and oxygen atoms in total. The highest BCUT2D eigenvalue weighted by atomic mass is 16.5. The SMILES string of the molecule is CCn1nc(CC(C)C)cc1C(=O)N1CCOC[C@H]1CC(=O)NC1CCC1. The van der Waals surface area contributed by atoms with Crippen LogP contribution in [0.3, 0.4) is 0 Å². The molecule has 7 heteroatoms. The fraction of sp³-hybridized carbons (Fsp3) is 0.750. The van der Waals surface area contributed by atoms with Crippen molar-refractivity contribution in [2.45, 2.75) is 71.5 Å². The highest BCUT2D eigenvalue weighted by molar-refractivity contribution is 5.93. The molecule has 150 valence electrons. The summed E-state index contributed by atoms with van der Waals surface area (Å²) in [5.41, 5.74) is 1.56. The number of aryl methyl sites for hydroxylation is 1. The van der Waals surface area contributed by atoms with Crippen LogP contribution in [0.5, 0.6) is 0 Å².